The molecule has 6 heteroatoms. The fourth-order valence-corrected chi connectivity index (χ4v) is 2.99. The van der Waals surface area contributed by atoms with Crippen LogP contribution in [0.1, 0.15) is 12.8 Å². The van der Waals surface area contributed by atoms with Gasteiger partial charge in [-0.15, -0.1) is 0 Å². The van der Waals surface area contributed by atoms with Crippen LogP contribution in [0.4, 0.5) is 10.1 Å². The first-order chi connectivity index (χ1) is 7.99. The normalized spacial score (nSPS) is 16.5. The van der Waals surface area contributed by atoms with Gasteiger partial charge in [-0.2, -0.15) is 0 Å². The van der Waals surface area contributed by atoms with Crippen molar-refractivity contribution in [2.75, 3.05) is 5.73 Å². The Kier molecular flexibility index (Phi) is 3.17. The van der Waals surface area contributed by atoms with Gasteiger partial charge in [-0.05, 0) is 31.0 Å². The average molecular weight is 256 g/mol. The average Bonchev–Trinajstić information content (AvgIpc) is 2.73. The Morgan fingerprint density at radius 3 is 2.53 bits per heavy atom. The van der Waals surface area contributed by atoms with Crippen LogP contribution < -0.4 is 10.5 Å². The van der Waals surface area contributed by atoms with Crippen molar-refractivity contribution in [3.8, 4) is 0 Å². The van der Waals surface area contributed by atoms with Crippen molar-refractivity contribution in [1.82, 2.24) is 4.72 Å². The van der Waals surface area contributed by atoms with Gasteiger partial charge >= 0.3 is 0 Å². The first kappa shape index (κ1) is 12.1. The van der Waals surface area contributed by atoms with E-state index in [0.717, 1.165) is 12.1 Å². The van der Waals surface area contributed by atoms with Crippen LogP contribution in [0.2, 0.25) is 0 Å². The molecule has 3 N–H and O–H groups in total. The highest BCUT2D eigenvalue weighted by Gasteiger charge is 2.21. The van der Waals surface area contributed by atoms with Gasteiger partial charge in [0.15, 0.2) is 0 Å². The molecule has 0 aliphatic heterocycles. The molecule has 0 saturated carbocycles. The van der Waals surface area contributed by atoms with Crippen LogP contribution in [-0.2, 0) is 10.0 Å². The molecule has 4 nitrogen and oxygen atoms in total. The third-order valence-electron chi connectivity index (χ3n) is 2.61. The zero-order valence-electron chi connectivity index (χ0n) is 9.06. The van der Waals surface area contributed by atoms with Gasteiger partial charge in [0.25, 0.3) is 0 Å². The van der Waals surface area contributed by atoms with Crippen LogP contribution in [0.3, 0.4) is 0 Å². The molecule has 0 fully saturated rings. The fraction of sp³-hybridized carbons (Fsp3) is 0.273. The number of anilines is 1. The molecule has 1 aliphatic carbocycles. The highest BCUT2D eigenvalue weighted by molar-refractivity contribution is 7.89. The Hall–Kier alpha value is -1.40. The Balaban J connectivity index is 2.22. The van der Waals surface area contributed by atoms with Crippen molar-refractivity contribution in [2.24, 2.45) is 0 Å². The van der Waals surface area contributed by atoms with E-state index in [2.05, 4.69) is 4.72 Å². The third kappa shape index (κ3) is 2.65. The lowest BCUT2D eigenvalue weighted by molar-refractivity contribution is 0.557. The second-order valence-electron chi connectivity index (χ2n) is 3.94. The van der Waals surface area contributed by atoms with E-state index in [1.165, 1.54) is 6.07 Å². The van der Waals surface area contributed by atoms with Crippen LogP contribution >= 0.6 is 0 Å². The molecule has 0 aromatic heterocycles. The Morgan fingerprint density at radius 1 is 1.29 bits per heavy atom. The lowest BCUT2D eigenvalue weighted by Crippen LogP contribution is -2.32. The summed E-state index contributed by atoms with van der Waals surface area (Å²) < 4.78 is 39.4. The number of hydrogen-bond acceptors (Lipinski definition) is 3. The number of benzene rings is 1. The maximum absolute atomic E-state index is 12.9. The minimum Gasteiger partial charge on any atom is -0.396 e. The molecule has 2 rings (SSSR count). The zero-order chi connectivity index (χ0) is 12.5. The summed E-state index contributed by atoms with van der Waals surface area (Å²) in [6, 6.07) is 3.26. The van der Waals surface area contributed by atoms with Gasteiger partial charge in [0.2, 0.25) is 10.0 Å². The molecule has 1 aliphatic rings. The lowest BCUT2D eigenvalue weighted by atomic mass is 10.3. The molecular formula is C11H13FN2O2S. The number of sulfonamides is 1. The van der Waals surface area contributed by atoms with E-state index >= 15 is 0 Å². The van der Waals surface area contributed by atoms with Crippen LogP contribution in [-0.4, -0.2) is 14.5 Å². The summed E-state index contributed by atoms with van der Waals surface area (Å²) in [5, 5.41) is 0. The summed E-state index contributed by atoms with van der Waals surface area (Å²) in [5.41, 5.74) is 5.18. The Bertz CT molecular complexity index is 547. The van der Waals surface area contributed by atoms with E-state index in [1.807, 2.05) is 12.2 Å². The number of halogens is 1. The molecule has 0 atom stereocenters. The van der Waals surface area contributed by atoms with Crippen molar-refractivity contribution in [1.29, 1.82) is 0 Å². The van der Waals surface area contributed by atoms with E-state index in [9.17, 15) is 12.8 Å². The smallest absolute Gasteiger partial charge is 0.240 e. The zero-order valence-corrected chi connectivity index (χ0v) is 9.87. The number of rotatable bonds is 3. The first-order valence-electron chi connectivity index (χ1n) is 5.21. The summed E-state index contributed by atoms with van der Waals surface area (Å²) in [5.74, 6) is -0.619. The van der Waals surface area contributed by atoms with Crippen LogP contribution in [0, 0.1) is 5.82 Å². The molecule has 0 radical (unpaired) electrons. The quantitative estimate of drug-likeness (QED) is 0.634. The molecule has 0 amide bonds. The molecule has 1 aromatic carbocycles. The minimum absolute atomic E-state index is 0.0108. The van der Waals surface area contributed by atoms with Crippen LogP contribution in [0.25, 0.3) is 0 Å². The van der Waals surface area contributed by atoms with E-state index in [0.29, 0.717) is 12.8 Å². The predicted octanol–water partition coefficient (Wildman–Crippen LogP) is 1.40. The number of nitrogens with one attached hydrogen (secondary N) is 1. The van der Waals surface area contributed by atoms with E-state index < -0.39 is 15.8 Å². The van der Waals surface area contributed by atoms with Gasteiger partial charge < -0.3 is 5.73 Å². The fourth-order valence-electron chi connectivity index (χ4n) is 1.69. The maximum Gasteiger partial charge on any atom is 0.240 e. The van der Waals surface area contributed by atoms with Crippen molar-refractivity contribution in [2.45, 2.75) is 23.8 Å². The molecule has 0 unspecified atom stereocenters. The van der Waals surface area contributed by atoms with E-state index in [-0.39, 0.29) is 16.6 Å². The number of nitrogens with two attached hydrogens (primary N) is 1. The summed E-state index contributed by atoms with van der Waals surface area (Å²) in [7, 11) is -3.62. The van der Waals surface area contributed by atoms with Gasteiger partial charge in [-0.25, -0.2) is 17.5 Å². The summed E-state index contributed by atoms with van der Waals surface area (Å²) >= 11 is 0. The minimum atomic E-state index is -3.62. The summed E-state index contributed by atoms with van der Waals surface area (Å²) in [4.78, 5) is -0.0108. The number of hydrogen-bond donors (Lipinski definition) is 2. The van der Waals surface area contributed by atoms with Gasteiger partial charge in [-0.3, -0.25) is 0 Å². The van der Waals surface area contributed by atoms with Gasteiger partial charge in [0.05, 0.1) is 10.6 Å². The topological polar surface area (TPSA) is 72.2 Å². The van der Waals surface area contributed by atoms with Gasteiger partial charge in [-0.1, -0.05) is 12.2 Å². The molecule has 0 saturated heterocycles. The monoisotopic (exact) mass is 256 g/mol. The standard InChI is InChI=1S/C11H13FN2O2S/c12-10-6-5-9(7-11(10)13)17(15,16)14-8-3-1-2-4-8/h1-2,5-8,14H,3-4,13H2. The predicted molar refractivity (Wildman–Crippen MR) is 63.3 cm³/mol. The van der Waals surface area contributed by atoms with Crippen molar-refractivity contribution in [3.63, 3.8) is 0 Å². The second kappa shape index (κ2) is 4.46. The highest BCUT2D eigenvalue weighted by Crippen LogP contribution is 2.18. The Labute approximate surface area is 99.4 Å². The molecule has 1 aromatic rings. The molecule has 92 valence electrons. The van der Waals surface area contributed by atoms with Crippen molar-refractivity contribution < 1.29 is 12.8 Å². The van der Waals surface area contributed by atoms with Crippen molar-refractivity contribution >= 4 is 15.7 Å². The van der Waals surface area contributed by atoms with Gasteiger partial charge in [0, 0.05) is 6.04 Å². The molecule has 0 spiro atoms. The highest BCUT2D eigenvalue weighted by atomic mass is 32.2. The molecule has 0 bridgehead atoms. The second-order valence-corrected chi connectivity index (χ2v) is 5.66. The molecule has 0 heterocycles. The largest absolute Gasteiger partial charge is 0.396 e. The summed E-state index contributed by atoms with van der Waals surface area (Å²) in [6.45, 7) is 0. The summed E-state index contributed by atoms with van der Waals surface area (Å²) in [6.07, 6.45) is 5.20. The lowest BCUT2D eigenvalue weighted by Gasteiger charge is -2.12. The van der Waals surface area contributed by atoms with E-state index in [1.54, 1.807) is 0 Å². The number of nitrogen functional groups attached to an aromatic ring is 1. The molecular weight excluding hydrogens is 243 g/mol. The SMILES string of the molecule is Nc1cc(S(=O)(=O)NC2CC=CC2)ccc1F. The van der Waals surface area contributed by atoms with Gasteiger partial charge in [0.1, 0.15) is 5.82 Å². The Morgan fingerprint density at radius 2 is 1.94 bits per heavy atom. The van der Waals surface area contributed by atoms with Crippen molar-refractivity contribution in [3.05, 3.63) is 36.2 Å². The van der Waals surface area contributed by atoms with Crippen LogP contribution in [0.15, 0.2) is 35.2 Å². The maximum atomic E-state index is 12.9. The first-order valence-corrected chi connectivity index (χ1v) is 6.70. The molecule has 17 heavy (non-hydrogen) atoms. The van der Waals surface area contributed by atoms with Crippen LogP contribution in [0.5, 0.6) is 0 Å². The third-order valence-corrected chi connectivity index (χ3v) is 4.13. The van der Waals surface area contributed by atoms with E-state index in [4.69, 9.17) is 5.73 Å².